The van der Waals surface area contributed by atoms with E-state index in [0.717, 1.165) is 11.1 Å². The van der Waals surface area contributed by atoms with Gasteiger partial charge in [-0.25, -0.2) is 0 Å². The van der Waals surface area contributed by atoms with E-state index >= 15 is 0 Å². The highest BCUT2D eigenvalue weighted by atomic mass is 16.1. The van der Waals surface area contributed by atoms with Gasteiger partial charge in [-0.15, -0.1) is 0 Å². The number of rotatable bonds is 2. The number of benzene rings is 1. The lowest BCUT2D eigenvalue weighted by molar-refractivity contribution is 0.0858. The van der Waals surface area contributed by atoms with Gasteiger partial charge in [-0.1, -0.05) is 57.2 Å². The first-order valence-electron chi connectivity index (χ1n) is 5.23. The van der Waals surface area contributed by atoms with Gasteiger partial charge in [0.2, 0.25) is 0 Å². The van der Waals surface area contributed by atoms with E-state index in [2.05, 4.69) is 0 Å². The molecule has 1 aromatic carbocycles. The number of hydrogen-bond donors (Lipinski definition) is 0. The maximum Gasteiger partial charge on any atom is 0.168 e. The van der Waals surface area contributed by atoms with Crippen LogP contribution in [-0.4, -0.2) is 5.78 Å². The Labute approximate surface area is 91.8 Å². The number of carbonyl (C=O) groups is 1. The summed E-state index contributed by atoms with van der Waals surface area (Å²) >= 11 is 0. The average Bonchev–Trinajstić information content (AvgIpc) is 2.17. The highest BCUT2D eigenvalue weighted by Gasteiger charge is 2.23. The molecule has 0 aliphatic carbocycles. The smallest absolute Gasteiger partial charge is 0.168 e. The van der Waals surface area contributed by atoms with Crippen LogP contribution in [0.25, 0.3) is 6.08 Å². The molecule has 0 fully saturated rings. The maximum atomic E-state index is 12.1. The van der Waals surface area contributed by atoms with Gasteiger partial charge in [0.15, 0.2) is 5.78 Å². The molecular formula is C14H18O. The third-order valence-corrected chi connectivity index (χ3v) is 2.23. The molecule has 0 amide bonds. The van der Waals surface area contributed by atoms with Crippen molar-refractivity contribution < 1.29 is 4.79 Å². The van der Waals surface area contributed by atoms with Crippen LogP contribution in [0.1, 0.15) is 43.6 Å². The fraction of sp³-hybridized carbons (Fsp3) is 0.357. The lowest BCUT2D eigenvalue weighted by Crippen LogP contribution is -2.20. The molecule has 0 aliphatic rings. The van der Waals surface area contributed by atoms with Crippen molar-refractivity contribution in [3.63, 3.8) is 0 Å². The first-order valence-corrected chi connectivity index (χ1v) is 5.23. The van der Waals surface area contributed by atoms with E-state index in [4.69, 9.17) is 0 Å². The lowest BCUT2D eigenvalue weighted by Gasteiger charge is -2.17. The Balaban J connectivity index is 3.20. The standard InChI is InChI=1S/C14H18O/c1-5-8-11-9-6-7-10-12(11)13(15)14(2,3)4/h5-10H,1-4H3/b8-5+. The Bertz CT molecular complexity index is 381. The van der Waals surface area contributed by atoms with Gasteiger partial charge in [0, 0.05) is 11.0 Å². The average molecular weight is 202 g/mol. The van der Waals surface area contributed by atoms with Crippen molar-refractivity contribution in [2.45, 2.75) is 27.7 Å². The van der Waals surface area contributed by atoms with Gasteiger partial charge >= 0.3 is 0 Å². The van der Waals surface area contributed by atoms with Gasteiger partial charge in [0.25, 0.3) is 0 Å². The minimum atomic E-state index is -0.322. The SMILES string of the molecule is C/C=C/c1ccccc1C(=O)C(C)(C)C. The predicted molar refractivity (Wildman–Crippen MR) is 64.9 cm³/mol. The Morgan fingerprint density at radius 1 is 1.20 bits per heavy atom. The molecule has 0 N–H and O–H groups in total. The second kappa shape index (κ2) is 4.43. The van der Waals surface area contributed by atoms with E-state index in [0.29, 0.717) is 0 Å². The van der Waals surface area contributed by atoms with E-state index < -0.39 is 0 Å². The van der Waals surface area contributed by atoms with Crippen molar-refractivity contribution in [1.82, 2.24) is 0 Å². The number of ketones is 1. The Kier molecular flexibility index (Phi) is 3.46. The molecule has 0 spiro atoms. The Morgan fingerprint density at radius 2 is 1.80 bits per heavy atom. The first-order chi connectivity index (χ1) is 6.96. The van der Waals surface area contributed by atoms with Crippen LogP contribution in [0.2, 0.25) is 0 Å². The minimum absolute atomic E-state index is 0.191. The fourth-order valence-electron chi connectivity index (χ4n) is 1.43. The summed E-state index contributed by atoms with van der Waals surface area (Å²) < 4.78 is 0. The molecule has 0 aromatic heterocycles. The van der Waals surface area contributed by atoms with Gasteiger partial charge in [0.1, 0.15) is 0 Å². The summed E-state index contributed by atoms with van der Waals surface area (Å²) in [5, 5.41) is 0. The second-order valence-electron chi connectivity index (χ2n) is 4.67. The van der Waals surface area contributed by atoms with Crippen LogP contribution < -0.4 is 0 Å². The molecule has 80 valence electrons. The normalized spacial score (nSPS) is 12.0. The monoisotopic (exact) mass is 202 g/mol. The highest BCUT2D eigenvalue weighted by Crippen LogP contribution is 2.23. The molecule has 0 atom stereocenters. The number of allylic oxidation sites excluding steroid dienone is 1. The van der Waals surface area contributed by atoms with E-state index in [1.165, 1.54) is 0 Å². The van der Waals surface area contributed by atoms with Crippen molar-refractivity contribution in [1.29, 1.82) is 0 Å². The van der Waals surface area contributed by atoms with Crippen molar-refractivity contribution in [2.75, 3.05) is 0 Å². The molecule has 0 saturated heterocycles. The molecule has 0 heterocycles. The largest absolute Gasteiger partial charge is 0.294 e. The molecule has 1 rings (SSSR count). The Hall–Kier alpha value is -1.37. The number of hydrogen-bond acceptors (Lipinski definition) is 1. The molecule has 1 nitrogen and oxygen atoms in total. The summed E-state index contributed by atoms with van der Waals surface area (Å²) in [6.45, 7) is 7.80. The van der Waals surface area contributed by atoms with Gasteiger partial charge in [-0.3, -0.25) is 4.79 Å². The van der Waals surface area contributed by atoms with Crippen LogP contribution in [-0.2, 0) is 0 Å². The summed E-state index contributed by atoms with van der Waals surface area (Å²) in [5.41, 5.74) is 1.49. The summed E-state index contributed by atoms with van der Waals surface area (Å²) in [6.07, 6.45) is 3.92. The minimum Gasteiger partial charge on any atom is -0.294 e. The van der Waals surface area contributed by atoms with Crippen LogP contribution in [0, 0.1) is 5.41 Å². The molecule has 1 heteroatoms. The van der Waals surface area contributed by atoms with Gasteiger partial charge in [-0.2, -0.15) is 0 Å². The summed E-state index contributed by atoms with van der Waals surface area (Å²) in [4.78, 5) is 12.1. The van der Waals surface area contributed by atoms with Crippen LogP contribution in [0.15, 0.2) is 30.3 Å². The van der Waals surface area contributed by atoms with Crippen LogP contribution in [0.3, 0.4) is 0 Å². The fourth-order valence-corrected chi connectivity index (χ4v) is 1.43. The van der Waals surface area contributed by atoms with Crippen molar-refractivity contribution in [3.8, 4) is 0 Å². The van der Waals surface area contributed by atoms with Crippen molar-refractivity contribution in [2.24, 2.45) is 5.41 Å². The summed E-state index contributed by atoms with van der Waals surface area (Å²) in [5.74, 6) is 0.191. The topological polar surface area (TPSA) is 17.1 Å². The molecular weight excluding hydrogens is 184 g/mol. The summed E-state index contributed by atoms with van der Waals surface area (Å²) in [7, 11) is 0. The predicted octanol–water partition coefficient (Wildman–Crippen LogP) is 3.95. The van der Waals surface area contributed by atoms with Crippen LogP contribution in [0.5, 0.6) is 0 Å². The van der Waals surface area contributed by atoms with Gasteiger partial charge < -0.3 is 0 Å². The van der Waals surface area contributed by atoms with E-state index in [1.807, 2.05) is 64.1 Å². The third kappa shape index (κ3) is 2.79. The van der Waals surface area contributed by atoms with Crippen LogP contribution in [0.4, 0.5) is 0 Å². The summed E-state index contributed by atoms with van der Waals surface area (Å²) in [6, 6.07) is 7.72. The quantitative estimate of drug-likeness (QED) is 0.664. The molecule has 0 aliphatic heterocycles. The molecule has 0 radical (unpaired) electrons. The molecule has 0 bridgehead atoms. The third-order valence-electron chi connectivity index (χ3n) is 2.23. The van der Waals surface area contributed by atoms with E-state index in [1.54, 1.807) is 0 Å². The maximum absolute atomic E-state index is 12.1. The van der Waals surface area contributed by atoms with E-state index in [-0.39, 0.29) is 11.2 Å². The zero-order valence-corrected chi connectivity index (χ0v) is 9.87. The van der Waals surface area contributed by atoms with Crippen molar-refractivity contribution >= 4 is 11.9 Å². The molecule has 1 aromatic rings. The molecule has 0 unspecified atom stereocenters. The van der Waals surface area contributed by atoms with E-state index in [9.17, 15) is 4.79 Å². The Morgan fingerprint density at radius 3 is 2.33 bits per heavy atom. The number of Topliss-reactive ketones (excluding diaryl/α,β-unsaturated/α-hetero) is 1. The zero-order valence-electron chi connectivity index (χ0n) is 9.87. The van der Waals surface area contributed by atoms with Gasteiger partial charge in [-0.05, 0) is 12.5 Å². The zero-order chi connectivity index (χ0) is 11.5. The van der Waals surface area contributed by atoms with Gasteiger partial charge in [0.05, 0.1) is 0 Å². The molecule has 15 heavy (non-hydrogen) atoms. The molecule has 0 saturated carbocycles. The first kappa shape index (κ1) is 11.7. The van der Waals surface area contributed by atoms with Crippen molar-refractivity contribution in [3.05, 3.63) is 41.5 Å². The second-order valence-corrected chi connectivity index (χ2v) is 4.67. The number of carbonyl (C=O) groups excluding carboxylic acids is 1. The van der Waals surface area contributed by atoms with Crippen LogP contribution >= 0.6 is 0 Å². The lowest BCUT2D eigenvalue weighted by atomic mass is 9.84. The highest BCUT2D eigenvalue weighted by molar-refractivity contribution is 6.02.